The summed E-state index contributed by atoms with van der Waals surface area (Å²) in [6.07, 6.45) is 0. The monoisotopic (exact) mass is 298 g/mol. The molecule has 19 heavy (non-hydrogen) atoms. The van der Waals surface area contributed by atoms with Crippen molar-refractivity contribution in [2.75, 3.05) is 14.2 Å². The lowest BCUT2D eigenvalue weighted by Crippen LogP contribution is -2.00. The molecule has 1 aromatic carbocycles. The standard InChI is InChI=1S/C14H15ClO3S/c1-16-12-5-11(7-15)6-13(17-2)14(12)18-8-10-3-4-19-9-10/h3-6,9H,7-8H2,1-2H3. The number of ether oxygens (including phenoxy) is 3. The number of alkyl halides is 1. The van der Waals surface area contributed by atoms with E-state index in [1.165, 1.54) is 0 Å². The van der Waals surface area contributed by atoms with Gasteiger partial charge in [0.25, 0.3) is 0 Å². The normalized spacial score (nSPS) is 10.3. The Morgan fingerprint density at radius 1 is 1.11 bits per heavy atom. The van der Waals surface area contributed by atoms with Crippen molar-refractivity contribution >= 4 is 22.9 Å². The molecule has 0 spiro atoms. The van der Waals surface area contributed by atoms with Gasteiger partial charge in [-0.15, -0.1) is 11.6 Å². The van der Waals surface area contributed by atoms with E-state index in [4.69, 9.17) is 25.8 Å². The molecule has 0 bridgehead atoms. The molecular formula is C14H15ClO3S. The van der Waals surface area contributed by atoms with E-state index in [-0.39, 0.29) is 0 Å². The lowest BCUT2D eigenvalue weighted by molar-refractivity contribution is 0.266. The van der Waals surface area contributed by atoms with Gasteiger partial charge in [0.05, 0.1) is 14.2 Å². The van der Waals surface area contributed by atoms with Crippen molar-refractivity contribution in [2.24, 2.45) is 0 Å². The maximum absolute atomic E-state index is 5.84. The van der Waals surface area contributed by atoms with Crippen molar-refractivity contribution in [3.05, 3.63) is 40.1 Å². The highest BCUT2D eigenvalue weighted by Crippen LogP contribution is 2.39. The number of rotatable bonds is 6. The molecule has 0 aliphatic carbocycles. The average Bonchev–Trinajstić information content (AvgIpc) is 2.97. The van der Waals surface area contributed by atoms with Crippen LogP contribution in [0.1, 0.15) is 11.1 Å². The number of benzene rings is 1. The third-order valence-corrected chi connectivity index (χ3v) is 3.68. The highest BCUT2D eigenvalue weighted by atomic mass is 35.5. The van der Waals surface area contributed by atoms with E-state index >= 15 is 0 Å². The van der Waals surface area contributed by atoms with Crippen molar-refractivity contribution in [2.45, 2.75) is 12.5 Å². The fourth-order valence-corrected chi connectivity index (χ4v) is 2.49. The second-order valence-corrected chi connectivity index (χ2v) is 4.93. The SMILES string of the molecule is COc1cc(CCl)cc(OC)c1OCc1ccsc1. The molecule has 0 saturated carbocycles. The van der Waals surface area contributed by atoms with Gasteiger partial charge in [0.2, 0.25) is 5.75 Å². The van der Waals surface area contributed by atoms with Crippen LogP contribution in [-0.4, -0.2) is 14.2 Å². The molecule has 102 valence electrons. The summed E-state index contributed by atoms with van der Waals surface area (Å²) in [6.45, 7) is 0.483. The van der Waals surface area contributed by atoms with Gasteiger partial charge in [-0.3, -0.25) is 0 Å². The Labute approximate surface area is 121 Å². The third kappa shape index (κ3) is 3.33. The van der Waals surface area contributed by atoms with Gasteiger partial charge in [0.15, 0.2) is 11.5 Å². The number of methoxy groups -OCH3 is 2. The van der Waals surface area contributed by atoms with Crippen LogP contribution in [0.4, 0.5) is 0 Å². The molecule has 1 heterocycles. The molecule has 1 aromatic heterocycles. The van der Waals surface area contributed by atoms with Gasteiger partial charge in [-0.1, -0.05) is 0 Å². The summed E-state index contributed by atoms with van der Waals surface area (Å²) in [5, 5.41) is 4.07. The summed E-state index contributed by atoms with van der Waals surface area (Å²) in [4.78, 5) is 0. The van der Waals surface area contributed by atoms with E-state index in [1.54, 1.807) is 25.6 Å². The van der Waals surface area contributed by atoms with Crippen LogP contribution >= 0.6 is 22.9 Å². The lowest BCUT2D eigenvalue weighted by atomic mass is 10.2. The van der Waals surface area contributed by atoms with Crippen molar-refractivity contribution in [1.29, 1.82) is 0 Å². The summed E-state index contributed by atoms with van der Waals surface area (Å²) in [7, 11) is 3.20. The first-order valence-electron chi connectivity index (χ1n) is 5.73. The molecule has 3 nitrogen and oxygen atoms in total. The molecule has 0 N–H and O–H groups in total. The third-order valence-electron chi connectivity index (χ3n) is 2.64. The van der Waals surface area contributed by atoms with Crippen molar-refractivity contribution in [1.82, 2.24) is 0 Å². The van der Waals surface area contributed by atoms with Crippen LogP contribution in [0.25, 0.3) is 0 Å². The molecule has 5 heteroatoms. The zero-order valence-corrected chi connectivity index (χ0v) is 12.4. The predicted molar refractivity (Wildman–Crippen MR) is 77.8 cm³/mol. The van der Waals surface area contributed by atoms with E-state index in [2.05, 4.69) is 0 Å². The quantitative estimate of drug-likeness (QED) is 0.752. The predicted octanol–water partition coefficient (Wildman–Crippen LogP) is 4.08. The fraction of sp³-hybridized carbons (Fsp3) is 0.286. The Bertz CT molecular complexity index is 500. The Kier molecular flexibility index (Phi) is 4.93. The van der Waals surface area contributed by atoms with E-state index < -0.39 is 0 Å². The van der Waals surface area contributed by atoms with Gasteiger partial charge in [0, 0.05) is 5.88 Å². The molecule has 0 radical (unpaired) electrons. The minimum Gasteiger partial charge on any atom is -0.493 e. The zero-order chi connectivity index (χ0) is 13.7. The average molecular weight is 299 g/mol. The summed E-state index contributed by atoms with van der Waals surface area (Å²) >= 11 is 7.49. The molecule has 0 amide bonds. The van der Waals surface area contributed by atoms with Crippen LogP contribution in [0, 0.1) is 0 Å². The smallest absolute Gasteiger partial charge is 0.203 e. The lowest BCUT2D eigenvalue weighted by Gasteiger charge is -2.15. The minimum atomic E-state index is 0.400. The second kappa shape index (κ2) is 6.68. The number of halogens is 1. The number of hydrogen-bond acceptors (Lipinski definition) is 4. The molecule has 2 rings (SSSR count). The molecular weight excluding hydrogens is 284 g/mol. The topological polar surface area (TPSA) is 27.7 Å². The Balaban J connectivity index is 2.26. The van der Waals surface area contributed by atoms with E-state index in [0.29, 0.717) is 29.7 Å². The molecule has 2 aromatic rings. The maximum Gasteiger partial charge on any atom is 0.203 e. The van der Waals surface area contributed by atoms with Crippen molar-refractivity contribution < 1.29 is 14.2 Å². The van der Waals surface area contributed by atoms with Crippen molar-refractivity contribution in [3.8, 4) is 17.2 Å². The molecule has 0 aliphatic heterocycles. The van der Waals surface area contributed by atoms with Gasteiger partial charge < -0.3 is 14.2 Å². The Morgan fingerprint density at radius 3 is 2.26 bits per heavy atom. The first kappa shape index (κ1) is 14.0. The van der Waals surface area contributed by atoms with E-state index in [0.717, 1.165) is 11.1 Å². The van der Waals surface area contributed by atoms with Crippen LogP contribution in [-0.2, 0) is 12.5 Å². The Morgan fingerprint density at radius 2 is 1.79 bits per heavy atom. The van der Waals surface area contributed by atoms with E-state index in [9.17, 15) is 0 Å². The van der Waals surface area contributed by atoms with Gasteiger partial charge in [-0.2, -0.15) is 11.3 Å². The number of thiophene rings is 1. The molecule has 0 atom stereocenters. The van der Waals surface area contributed by atoms with Crippen LogP contribution in [0.2, 0.25) is 0 Å². The highest BCUT2D eigenvalue weighted by molar-refractivity contribution is 7.07. The summed E-state index contributed by atoms with van der Waals surface area (Å²) in [6, 6.07) is 5.74. The molecule has 0 aliphatic rings. The van der Waals surface area contributed by atoms with Crippen LogP contribution in [0.5, 0.6) is 17.2 Å². The number of hydrogen-bond donors (Lipinski definition) is 0. The van der Waals surface area contributed by atoms with E-state index in [1.807, 2.05) is 29.0 Å². The summed E-state index contributed by atoms with van der Waals surface area (Å²) in [5.41, 5.74) is 2.05. The van der Waals surface area contributed by atoms with Gasteiger partial charge >= 0.3 is 0 Å². The first-order chi connectivity index (χ1) is 9.28. The van der Waals surface area contributed by atoms with Crippen molar-refractivity contribution in [3.63, 3.8) is 0 Å². The first-order valence-corrected chi connectivity index (χ1v) is 7.21. The van der Waals surface area contributed by atoms with Gasteiger partial charge in [-0.25, -0.2) is 0 Å². The van der Waals surface area contributed by atoms with Crippen LogP contribution in [0.15, 0.2) is 29.0 Å². The Hall–Kier alpha value is -1.39. The van der Waals surface area contributed by atoms with Gasteiger partial charge in [0.1, 0.15) is 6.61 Å². The molecule has 0 unspecified atom stereocenters. The maximum atomic E-state index is 5.84. The zero-order valence-electron chi connectivity index (χ0n) is 10.8. The summed E-state index contributed by atoms with van der Waals surface area (Å²) in [5.74, 6) is 2.26. The van der Waals surface area contributed by atoms with Crippen LogP contribution in [0.3, 0.4) is 0 Å². The minimum absolute atomic E-state index is 0.400. The molecule has 0 saturated heterocycles. The second-order valence-electron chi connectivity index (χ2n) is 3.88. The highest BCUT2D eigenvalue weighted by Gasteiger charge is 2.14. The summed E-state index contributed by atoms with van der Waals surface area (Å²) < 4.78 is 16.5. The molecule has 0 fully saturated rings. The van der Waals surface area contributed by atoms with Gasteiger partial charge in [-0.05, 0) is 40.1 Å². The van der Waals surface area contributed by atoms with Crippen LogP contribution < -0.4 is 14.2 Å². The largest absolute Gasteiger partial charge is 0.493 e. The fourth-order valence-electron chi connectivity index (χ4n) is 1.68.